The molecule has 0 aliphatic rings. The van der Waals surface area contributed by atoms with Crippen molar-refractivity contribution in [3.05, 3.63) is 0 Å². The zero-order valence-corrected chi connectivity index (χ0v) is 9.14. The van der Waals surface area contributed by atoms with E-state index in [0.29, 0.717) is 0 Å². The summed E-state index contributed by atoms with van der Waals surface area (Å²) >= 11 is 0. The molecule has 0 fully saturated rings. The van der Waals surface area contributed by atoms with E-state index < -0.39 is 44.0 Å². The Kier molecular flexibility index (Phi) is 4.93. The van der Waals surface area contributed by atoms with Crippen molar-refractivity contribution in [3.8, 4) is 0 Å². The van der Waals surface area contributed by atoms with Crippen molar-refractivity contribution in [2.45, 2.75) is 19.0 Å². The minimum absolute atomic E-state index is 0.392. The molecule has 0 heterocycles. The zero-order chi connectivity index (χ0) is 12.2. The average molecular weight is 239 g/mol. The van der Waals surface area contributed by atoms with Crippen LogP contribution in [-0.2, 0) is 14.2 Å². The van der Waals surface area contributed by atoms with Gasteiger partial charge in [0.05, 0.1) is 17.5 Å². The molecule has 0 amide bonds. The van der Waals surface area contributed by atoms with Gasteiger partial charge in [-0.25, -0.2) is 0 Å². The maximum absolute atomic E-state index is 10.9. The first-order valence-electron chi connectivity index (χ1n) is 4.13. The summed E-state index contributed by atoms with van der Waals surface area (Å²) in [6, 6.07) is 0. The van der Waals surface area contributed by atoms with E-state index in [2.05, 4.69) is 0 Å². The van der Waals surface area contributed by atoms with Gasteiger partial charge in [0.25, 0.3) is 0 Å². The molecule has 0 radical (unpaired) electrons. The van der Waals surface area contributed by atoms with Crippen LogP contribution < -0.4 is 5.73 Å². The fourth-order valence-electron chi connectivity index (χ4n) is 1.14. The molecule has 0 rings (SSSR count). The number of nitrogens with two attached hydrogens (primary N) is 1. The van der Waals surface area contributed by atoms with Gasteiger partial charge >= 0.3 is 11.9 Å². The Bertz CT molecular complexity index is 293. The summed E-state index contributed by atoms with van der Waals surface area (Å²) in [5.41, 5.74) is 2.16. The molecule has 0 aromatic carbocycles. The molecule has 88 valence electrons. The molecule has 3 atom stereocenters. The Labute approximate surface area is 86.8 Å². The Balaban J connectivity index is 5.11. The molecule has 0 bridgehead atoms. The molecule has 5 N–H and O–H groups in total. The Hall–Kier alpha value is -0.910. The number of aliphatic carboxylic acids is 2. The van der Waals surface area contributed by atoms with Gasteiger partial charge in [-0.3, -0.25) is 14.2 Å². The van der Waals surface area contributed by atoms with Crippen LogP contribution in [0.2, 0.25) is 0 Å². The van der Waals surface area contributed by atoms with Crippen LogP contribution in [0.3, 0.4) is 0 Å². The van der Waals surface area contributed by atoms with Crippen molar-refractivity contribution in [2.75, 3.05) is 6.54 Å². The van der Waals surface area contributed by atoms with Crippen LogP contribution in [0, 0.1) is 5.41 Å². The van der Waals surface area contributed by atoms with E-state index in [4.69, 9.17) is 20.8 Å². The molecule has 0 aliphatic heterocycles. The average Bonchev–Trinajstić information content (AvgIpc) is 2.12. The summed E-state index contributed by atoms with van der Waals surface area (Å²) < 4.78 is 10.9. The van der Waals surface area contributed by atoms with E-state index in [1.165, 1.54) is 6.92 Å². The Morgan fingerprint density at radius 1 is 1.47 bits per heavy atom. The largest absolute Gasteiger partial charge is 0.481 e. The second-order valence-electron chi connectivity index (χ2n) is 3.42. The molecule has 8 heteroatoms. The van der Waals surface area contributed by atoms with E-state index >= 15 is 0 Å². The summed E-state index contributed by atoms with van der Waals surface area (Å²) in [6.07, 6.45) is -0.686. The standard InChI is InChI=1S/C7H14NO6P/c1-7(3-8,6(11)12)4(15(13)14)2-5(9)10/h4,15H,2-3,8H2,1H3,(H,9,10)(H,11,12)(H,13,14). The minimum atomic E-state index is -3.27. The highest BCUT2D eigenvalue weighted by atomic mass is 31.1. The van der Waals surface area contributed by atoms with Crippen molar-refractivity contribution in [3.63, 3.8) is 0 Å². The fourth-order valence-corrected chi connectivity index (χ4v) is 2.27. The molecule has 3 unspecified atom stereocenters. The molecule has 0 aromatic rings. The lowest BCUT2D eigenvalue weighted by Gasteiger charge is -2.29. The van der Waals surface area contributed by atoms with Crippen molar-refractivity contribution >= 4 is 20.0 Å². The summed E-state index contributed by atoms with van der Waals surface area (Å²) in [7, 11) is -3.27. The fraction of sp³-hybridized carbons (Fsp3) is 0.714. The van der Waals surface area contributed by atoms with Gasteiger partial charge in [0.2, 0.25) is 0 Å². The number of carboxylic acids is 2. The van der Waals surface area contributed by atoms with Crippen LogP contribution in [0.15, 0.2) is 0 Å². The second kappa shape index (κ2) is 5.25. The van der Waals surface area contributed by atoms with Crippen LogP contribution in [-0.4, -0.2) is 39.2 Å². The van der Waals surface area contributed by atoms with Gasteiger partial charge in [0.15, 0.2) is 8.03 Å². The first-order chi connectivity index (χ1) is 6.75. The molecular weight excluding hydrogens is 225 g/mol. The zero-order valence-electron chi connectivity index (χ0n) is 8.14. The molecule has 0 saturated heterocycles. The van der Waals surface area contributed by atoms with Crippen LogP contribution in [0.25, 0.3) is 0 Å². The van der Waals surface area contributed by atoms with Gasteiger partial charge < -0.3 is 20.8 Å². The summed E-state index contributed by atoms with van der Waals surface area (Å²) in [5.74, 6) is -2.70. The lowest BCUT2D eigenvalue weighted by Crippen LogP contribution is -2.45. The van der Waals surface area contributed by atoms with Gasteiger partial charge in [0.1, 0.15) is 0 Å². The topological polar surface area (TPSA) is 138 Å². The van der Waals surface area contributed by atoms with Crippen molar-refractivity contribution in [2.24, 2.45) is 11.1 Å². The Morgan fingerprint density at radius 3 is 2.13 bits per heavy atom. The second-order valence-corrected chi connectivity index (χ2v) is 4.79. The summed E-state index contributed by atoms with van der Waals surface area (Å²) in [6.45, 7) is 0.777. The highest BCUT2D eigenvalue weighted by Gasteiger charge is 2.44. The number of rotatable bonds is 6. The predicted octanol–water partition coefficient (Wildman–Crippen LogP) is -0.654. The SMILES string of the molecule is CC(CN)(C(=O)O)C(CC(=O)O)[PH](=O)O. The maximum atomic E-state index is 10.9. The number of carbonyl (C=O) groups is 2. The van der Waals surface area contributed by atoms with Gasteiger partial charge in [0, 0.05) is 6.54 Å². The van der Waals surface area contributed by atoms with E-state index in [0.717, 1.165) is 0 Å². The van der Waals surface area contributed by atoms with Gasteiger partial charge in [-0.05, 0) is 6.92 Å². The first-order valence-corrected chi connectivity index (χ1v) is 5.57. The number of hydrogen-bond acceptors (Lipinski definition) is 4. The van der Waals surface area contributed by atoms with Gasteiger partial charge in [-0.2, -0.15) is 0 Å². The molecule has 0 aromatic heterocycles. The van der Waals surface area contributed by atoms with Crippen LogP contribution in [0.1, 0.15) is 13.3 Å². The van der Waals surface area contributed by atoms with E-state index in [9.17, 15) is 14.2 Å². The Morgan fingerprint density at radius 2 is 1.93 bits per heavy atom. The predicted molar refractivity (Wildman–Crippen MR) is 52.1 cm³/mol. The monoisotopic (exact) mass is 239 g/mol. The minimum Gasteiger partial charge on any atom is -0.481 e. The smallest absolute Gasteiger partial charge is 0.311 e. The maximum Gasteiger partial charge on any atom is 0.311 e. The molecule has 15 heavy (non-hydrogen) atoms. The summed E-state index contributed by atoms with van der Waals surface area (Å²) in [4.78, 5) is 30.2. The molecular formula is C7H14NO6P. The van der Waals surface area contributed by atoms with Crippen molar-refractivity contribution in [1.82, 2.24) is 0 Å². The quantitative estimate of drug-likeness (QED) is 0.451. The van der Waals surface area contributed by atoms with Gasteiger partial charge in [-0.1, -0.05) is 0 Å². The highest BCUT2D eigenvalue weighted by Crippen LogP contribution is 2.39. The lowest BCUT2D eigenvalue weighted by atomic mass is 9.85. The number of hydrogen-bond donors (Lipinski definition) is 4. The number of carboxylic acid groups (broad SMARTS) is 2. The van der Waals surface area contributed by atoms with E-state index in [1.54, 1.807) is 0 Å². The molecule has 0 saturated carbocycles. The van der Waals surface area contributed by atoms with Crippen LogP contribution in [0.4, 0.5) is 0 Å². The van der Waals surface area contributed by atoms with E-state index in [1.807, 2.05) is 0 Å². The lowest BCUT2D eigenvalue weighted by molar-refractivity contribution is -0.148. The van der Waals surface area contributed by atoms with Crippen LogP contribution in [0.5, 0.6) is 0 Å². The first kappa shape index (κ1) is 14.1. The normalized spacial score (nSPS) is 18.9. The third kappa shape index (κ3) is 3.30. The van der Waals surface area contributed by atoms with Crippen molar-refractivity contribution in [1.29, 1.82) is 0 Å². The molecule has 7 nitrogen and oxygen atoms in total. The van der Waals surface area contributed by atoms with Gasteiger partial charge in [-0.15, -0.1) is 0 Å². The summed E-state index contributed by atoms with van der Waals surface area (Å²) in [5, 5.41) is 17.4. The highest BCUT2D eigenvalue weighted by molar-refractivity contribution is 7.39. The third-order valence-electron chi connectivity index (χ3n) is 2.36. The van der Waals surface area contributed by atoms with Crippen molar-refractivity contribution < 1.29 is 29.3 Å². The molecule has 0 spiro atoms. The third-order valence-corrected chi connectivity index (χ3v) is 3.80. The van der Waals surface area contributed by atoms with E-state index in [-0.39, 0.29) is 0 Å². The molecule has 0 aliphatic carbocycles. The van der Waals surface area contributed by atoms with Crippen LogP contribution >= 0.6 is 8.03 Å².